The van der Waals surface area contributed by atoms with Crippen molar-refractivity contribution in [1.82, 2.24) is 10.2 Å². The molecule has 1 N–H and O–H groups in total. The SMILES string of the molecule is CC(C)CC(NC(=O)c1cccc(OC2CCCN(CC(c3ccccc3)c3ccccc3)C2)c1)c1ccccc1. The van der Waals surface area contributed by atoms with E-state index in [1.807, 2.05) is 42.5 Å². The van der Waals surface area contributed by atoms with E-state index in [4.69, 9.17) is 4.74 Å². The molecule has 0 bridgehead atoms. The zero-order valence-electron chi connectivity index (χ0n) is 24.3. The number of hydrogen-bond donors (Lipinski definition) is 1. The van der Waals surface area contributed by atoms with Crippen molar-refractivity contribution in [2.45, 2.75) is 51.2 Å². The minimum atomic E-state index is -0.0659. The number of carbonyl (C=O) groups excluding carboxylic acids is 1. The summed E-state index contributed by atoms with van der Waals surface area (Å²) in [6.07, 6.45) is 3.08. The van der Waals surface area contributed by atoms with Crippen LogP contribution in [0, 0.1) is 5.92 Å². The Morgan fingerprint density at radius 3 is 2.05 bits per heavy atom. The van der Waals surface area contributed by atoms with Crippen LogP contribution in [-0.4, -0.2) is 36.5 Å². The van der Waals surface area contributed by atoms with Gasteiger partial charge in [0, 0.05) is 24.6 Å². The molecule has 2 atom stereocenters. The Bertz CT molecular complexity index is 1320. The van der Waals surface area contributed by atoms with E-state index in [0.717, 1.165) is 50.2 Å². The van der Waals surface area contributed by atoms with E-state index in [2.05, 4.69) is 96.9 Å². The predicted molar refractivity (Wildman–Crippen MR) is 167 cm³/mol. The van der Waals surface area contributed by atoms with E-state index in [0.29, 0.717) is 17.4 Å². The second kappa shape index (κ2) is 14.1. The molecule has 0 radical (unpaired) electrons. The molecular formula is C37H42N2O2. The molecule has 1 amide bonds. The van der Waals surface area contributed by atoms with Crippen molar-refractivity contribution in [2.24, 2.45) is 5.92 Å². The van der Waals surface area contributed by atoms with Crippen molar-refractivity contribution in [3.8, 4) is 5.75 Å². The van der Waals surface area contributed by atoms with Crippen LogP contribution in [-0.2, 0) is 0 Å². The van der Waals surface area contributed by atoms with E-state index in [1.54, 1.807) is 0 Å². The summed E-state index contributed by atoms with van der Waals surface area (Å²) in [5, 5.41) is 3.27. The van der Waals surface area contributed by atoms with Gasteiger partial charge in [0.25, 0.3) is 5.91 Å². The Labute approximate surface area is 245 Å². The Morgan fingerprint density at radius 2 is 1.44 bits per heavy atom. The molecular weight excluding hydrogens is 504 g/mol. The van der Waals surface area contributed by atoms with Crippen LogP contribution in [0.25, 0.3) is 0 Å². The van der Waals surface area contributed by atoms with E-state index < -0.39 is 0 Å². The summed E-state index contributed by atoms with van der Waals surface area (Å²) in [6, 6.07) is 39.5. The number of nitrogens with zero attached hydrogens (tertiary/aromatic N) is 1. The van der Waals surface area contributed by atoms with Gasteiger partial charge in [0.1, 0.15) is 11.9 Å². The van der Waals surface area contributed by atoms with E-state index in [9.17, 15) is 4.79 Å². The molecule has 212 valence electrons. The van der Waals surface area contributed by atoms with Crippen LogP contribution >= 0.6 is 0 Å². The quantitative estimate of drug-likeness (QED) is 0.208. The first-order chi connectivity index (χ1) is 20.0. The van der Waals surface area contributed by atoms with Gasteiger partial charge in [0.15, 0.2) is 0 Å². The fraction of sp³-hybridized carbons (Fsp3) is 0.324. The summed E-state index contributed by atoms with van der Waals surface area (Å²) in [6.45, 7) is 7.26. The highest BCUT2D eigenvalue weighted by atomic mass is 16.5. The van der Waals surface area contributed by atoms with Crippen LogP contribution < -0.4 is 10.1 Å². The third kappa shape index (κ3) is 8.08. The number of nitrogens with one attached hydrogen (secondary N) is 1. The maximum Gasteiger partial charge on any atom is 0.251 e. The zero-order chi connectivity index (χ0) is 28.4. The molecule has 0 aliphatic carbocycles. The Balaban J connectivity index is 1.24. The molecule has 4 heteroatoms. The number of benzene rings is 4. The second-order valence-corrected chi connectivity index (χ2v) is 11.6. The van der Waals surface area contributed by atoms with Gasteiger partial charge >= 0.3 is 0 Å². The number of piperidine rings is 1. The number of carbonyl (C=O) groups is 1. The third-order valence-electron chi connectivity index (χ3n) is 7.92. The van der Waals surface area contributed by atoms with Crippen LogP contribution in [0.15, 0.2) is 115 Å². The van der Waals surface area contributed by atoms with Gasteiger partial charge in [0.05, 0.1) is 6.04 Å². The van der Waals surface area contributed by atoms with Crippen LogP contribution in [0.2, 0.25) is 0 Å². The Morgan fingerprint density at radius 1 is 0.829 bits per heavy atom. The molecule has 2 unspecified atom stereocenters. The number of ether oxygens (including phenoxy) is 1. The van der Waals surface area contributed by atoms with Gasteiger partial charge in [-0.2, -0.15) is 0 Å². The average Bonchev–Trinajstić information content (AvgIpc) is 3.01. The molecule has 4 nitrogen and oxygen atoms in total. The van der Waals surface area contributed by atoms with Crippen molar-refractivity contribution in [1.29, 1.82) is 0 Å². The minimum absolute atomic E-state index is 0.0256. The lowest BCUT2D eigenvalue weighted by Gasteiger charge is -2.35. The summed E-state index contributed by atoms with van der Waals surface area (Å²) < 4.78 is 6.50. The molecule has 4 aromatic rings. The summed E-state index contributed by atoms with van der Waals surface area (Å²) in [7, 11) is 0. The first-order valence-electron chi connectivity index (χ1n) is 15.0. The fourth-order valence-electron chi connectivity index (χ4n) is 5.89. The maximum atomic E-state index is 13.3. The van der Waals surface area contributed by atoms with Crippen LogP contribution in [0.5, 0.6) is 5.75 Å². The van der Waals surface area contributed by atoms with E-state index in [1.165, 1.54) is 11.1 Å². The predicted octanol–water partition coefficient (Wildman–Crippen LogP) is 7.88. The van der Waals surface area contributed by atoms with Gasteiger partial charge in [-0.15, -0.1) is 0 Å². The summed E-state index contributed by atoms with van der Waals surface area (Å²) in [5.41, 5.74) is 4.44. The molecule has 0 saturated carbocycles. The van der Waals surface area contributed by atoms with Crippen molar-refractivity contribution in [2.75, 3.05) is 19.6 Å². The van der Waals surface area contributed by atoms with E-state index >= 15 is 0 Å². The molecule has 41 heavy (non-hydrogen) atoms. The molecule has 1 heterocycles. The number of likely N-dealkylation sites (tertiary alicyclic amines) is 1. The highest BCUT2D eigenvalue weighted by molar-refractivity contribution is 5.94. The molecule has 5 rings (SSSR count). The Kier molecular flexibility index (Phi) is 9.87. The normalized spacial score (nSPS) is 16.4. The smallest absolute Gasteiger partial charge is 0.251 e. The number of hydrogen-bond acceptors (Lipinski definition) is 3. The van der Waals surface area contributed by atoms with Crippen molar-refractivity contribution in [3.05, 3.63) is 138 Å². The van der Waals surface area contributed by atoms with Crippen molar-refractivity contribution >= 4 is 5.91 Å². The monoisotopic (exact) mass is 546 g/mol. The van der Waals surface area contributed by atoms with Gasteiger partial charge in [-0.3, -0.25) is 9.69 Å². The van der Waals surface area contributed by atoms with Gasteiger partial charge < -0.3 is 10.1 Å². The Hall–Kier alpha value is -3.89. The molecule has 1 saturated heterocycles. The lowest BCUT2D eigenvalue weighted by molar-refractivity contribution is 0.0859. The molecule has 1 fully saturated rings. The molecule has 4 aromatic carbocycles. The largest absolute Gasteiger partial charge is 0.489 e. The van der Waals surface area contributed by atoms with Crippen molar-refractivity contribution in [3.63, 3.8) is 0 Å². The standard InChI is InChI=1S/C37H42N2O2/c1-28(2)24-36(31-18-10-5-11-19-31)38-37(40)32-20-12-21-33(25-32)41-34-22-13-23-39(26-34)27-35(29-14-6-3-7-15-29)30-16-8-4-9-17-30/h3-12,14-21,25,28,34-36H,13,22-24,26-27H2,1-2H3,(H,38,40). The van der Waals surface area contributed by atoms with Crippen LogP contribution in [0.4, 0.5) is 0 Å². The summed E-state index contributed by atoms with van der Waals surface area (Å²) >= 11 is 0. The van der Waals surface area contributed by atoms with Gasteiger partial charge in [0.2, 0.25) is 0 Å². The lowest BCUT2D eigenvalue weighted by Crippen LogP contribution is -2.43. The number of amides is 1. The van der Waals surface area contributed by atoms with Crippen molar-refractivity contribution < 1.29 is 9.53 Å². The fourth-order valence-corrected chi connectivity index (χ4v) is 5.89. The summed E-state index contributed by atoms with van der Waals surface area (Å²) in [5.74, 6) is 1.47. The average molecular weight is 547 g/mol. The van der Waals surface area contributed by atoms with Crippen LogP contribution in [0.3, 0.4) is 0 Å². The summed E-state index contributed by atoms with van der Waals surface area (Å²) in [4.78, 5) is 15.9. The highest BCUT2D eigenvalue weighted by Crippen LogP contribution is 2.28. The minimum Gasteiger partial charge on any atom is -0.489 e. The molecule has 0 spiro atoms. The van der Waals surface area contributed by atoms with Gasteiger partial charge in [-0.1, -0.05) is 111 Å². The first-order valence-corrected chi connectivity index (χ1v) is 15.0. The molecule has 1 aliphatic heterocycles. The van der Waals surface area contributed by atoms with Gasteiger partial charge in [-0.05, 0) is 66.6 Å². The molecule has 1 aliphatic rings. The molecule has 0 aromatic heterocycles. The maximum absolute atomic E-state index is 13.3. The topological polar surface area (TPSA) is 41.6 Å². The third-order valence-corrected chi connectivity index (χ3v) is 7.92. The highest BCUT2D eigenvalue weighted by Gasteiger charge is 2.25. The zero-order valence-corrected chi connectivity index (χ0v) is 24.3. The first kappa shape index (κ1) is 28.6. The second-order valence-electron chi connectivity index (χ2n) is 11.6. The number of rotatable bonds is 11. The lowest BCUT2D eigenvalue weighted by atomic mass is 9.90. The van der Waals surface area contributed by atoms with Crippen LogP contribution in [0.1, 0.15) is 72.1 Å². The van der Waals surface area contributed by atoms with E-state index in [-0.39, 0.29) is 18.1 Å². The van der Waals surface area contributed by atoms with Gasteiger partial charge in [-0.25, -0.2) is 0 Å².